The van der Waals surface area contributed by atoms with E-state index in [-0.39, 0.29) is 0 Å². The van der Waals surface area contributed by atoms with E-state index in [0.29, 0.717) is 25.0 Å². The summed E-state index contributed by atoms with van der Waals surface area (Å²) in [6, 6.07) is 0. The second-order valence-electron chi connectivity index (χ2n) is 4.09. The molecule has 2 nitrogen and oxygen atoms in total. The molecule has 0 amide bonds. The molecule has 0 fully saturated rings. The van der Waals surface area contributed by atoms with Gasteiger partial charge in [-0.3, -0.25) is 0 Å². The number of rotatable bonds is 9. The van der Waals surface area contributed by atoms with Crippen LogP contribution in [0.4, 0.5) is 0 Å². The summed E-state index contributed by atoms with van der Waals surface area (Å²) in [6.45, 7) is 5.00. The van der Waals surface area contributed by atoms with E-state index in [4.69, 9.17) is 5.11 Å². The standard InChI is InChI=1S/C12H26O2/c1-3-11(12(4-2)10-14)8-6-5-7-9-13/h11-14H,3-10H2,1-2H3. The summed E-state index contributed by atoms with van der Waals surface area (Å²) in [5, 5.41) is 17.8. The van der Waals surface area contributed by atoms with Crippen molar-refractivity contribution in [3.05, 3.63) is 0 Å². The molecule has 2 unspecified atom stereocenters. The Labute approximate surface area is 88.3 Å². The van der Waals surface area contributed by atoms with Gasteiger partial charge in [-0.2, -0.15) is 0 Å². The molecule has 2 N–H and O–H groups in total. The fourth-order valence-electron chi connectivity index (χ4n) is 2.08. The molecule has 0 radical (unpaired) electrons. The largest absolute Gasteiger partial charge is 0.396 e. The fourth-order valence-corrected chi connectivity index (χ4v) is 2.08. The zero-order valence-corrected chi connectivity index (χ0v) is 9.71. The van der Waals surface area contributed by atoms with E-state index in [2.05, 4.69) is 13.8 Å². The monoisotopic (exact) mass is 202 g/mol. The van der Waals surface area contributed by atoms with E-state index < -0.39 is 0 Å². The second kappa shape index (κ2) is 9.47. The van der Waals surface area contributed by atoms with Crippen LogP contribution < -0.4 is 0 Å². The molecular formula is C12H26O2. The summed E-state index contributed by atoms with van der Waals surface area (Å²) >= 11 is 0. The van der Waals surface area contributed by atoms with Gasteiger partial charge in [0.2, 0.25) is 0 Å². The van der Waals surface area contributed by atoms with E-state index >= 15 is 0 Å². The van der Waals surface area contributed by atoms with Crippen molar-refractivity contribution in [1.82, 2.24) is 0 Å². The molecule has 2 heteroatoms. The molecule has 0 rings (SSSR count). The smallest absolute Gasteiger partial charge is 0.0461 e. The molecule has 0 aromatic heterocycles. The maximum atomic E-state index is 9.19. The van der Waals surface area contributed by atoms with Gasteiger partial charge in [0.15, 0.2) is 0 Å². The van der Waals surface area contributed by atoms with Crippen LogP contribution in [0.2, 0.25) is 0 Å². The Morgan fingerprint density at radius 3 is 1.93 bits per heavy atom. The van der Waals surface area contributed by atoms with Crippen molar-refractivity contribution in [2.24, 2.45) is 11.8 Å². The van der Waals surface area contributed by atoms with Crippen molar-refractivity contribution in [2.45, 2.75) is 52.4 Å². The van der Waals surface area contributed by atoms with Crippen LogP contribution in [0.3, 0.4) is 0 Å². The molecule has 0 aliphatic heterocycles. The predicted octanol–water partition coefficient (Wildman–Crippen LogP) is 2.58. The molecule has 0 aliphatic carbocycles. The third-order valence-corrected chi connectivity index (χ3v) is 3.18. The molecule has 14 heavy (non-hydrogen) atoms. The van der Waals surface area contributed by atoms with E-state index in [9.17, 15) is 5.11 Å². The lowest BCUT2D eigenvalue weighted by molar-refractivity contribution is 0.158. The van der Waals surface area contributed by atoms with Gasteiger partial charge in [0.05, 0.1) is 0 Å². The lowest BCUT2D eigenvalue weighted by Gasteiger charge is -2.23. The van der Waals surface area contributed by atoms with Crippen molar-refractivity contribution in [2.75, 3.05) is 13.2 Å². The molecule has 0 spiro atoms. The number of aliphatic hydroxyl groups is 2. The van der Waals surface area contributed by atoms with Crippen LogP contribution in [0.1, 0.15) is 52.4 Å². The Bertz CT molecular complexity index is 111. The van der Waals surface area contributed by atoms with Crippen LogP contribution in [-0.4, -0.2) is 23.4 Å². The van der Waals surface area contributed by atoms with Crippen LogP contribution in [0.25, 0.3) is 0 Å². The highest BCUT2D eigenvalue weighted by atomic mass is 16.3. The van der Waals surface area contributed by atoms with Crippen LogP contribution in [-0.2, 0) is 0 Å². The number of hydrogen-bond donors (Lipinski definition) is 2. The van der Waals surface area contributed by atoms with Gasteiger partial charge in [-0.15, -0.1) is 0 Å². The van der Waals surface area contributed by atoms with Crippen molar-refractivity contribution >= 4 is 0 Å². The second-order valence-corrected chi connectivity index (χ2v) is 4.09. The van der Waals surface area contributed by atoms with E-state index in [1.807, 2.05) is 0 Å². The first-order valence-electron chi connectivity index (χ1n) is 6.01. The van der Waals surface area contributed by atoms with Crippen molar-refractivity contribution < 1.29 is 10.2 Å². The minimum absolute atomic E-state index is 0.313. The lowest BCUT2D eigenvalue weighted by Crippen LogP contribution is -2.17. The highest BCUT2D eigenvalue weighted by Crippen LogP contribution is 2.24. The Hall–Kier alpha value is -0.0800. The number of hydrogen-bond acceptors (Lipinski definition) is 2. The molecular weight excluding hydrogens is 176 g/mol. The minimum Gasteiger partial charge on any atom is -0.396 e. The van der Waals surface area contributed by atoms with Gasteiger partial charge in [0.25, 0.3) is 0 Å². The Kier molecular flexibility index (Phi) is 9.42. The van der Waals surface area contributed by atoms with Crippen LogP contribution >= 0.6 is 0 Å². The van der Waals surface area contributed by atoms with Gasteiger partial charge < -0.3 is 10.2 Å². The summed E-state index contributed by atoms with van der Waals surface area (Å²) < 4.78 is 0. The van der Waals surface area contributed by atoms with E-state index in [1.165, 1.54) is 12.8 Å². The summed E-state index contributed by atoms with van der Waals surface area (Å²) in [7, 11) is 0. The topological polar surface area (TPSA) is 40.5 Å². The Morgan fingerprint density at radius 2 is 1.50 bits per heavy atom. The molecule has 2 atom stereocenters. The Balaban J connectivity index is 3.65. The number of aliphatic hydroxyl groups excluding tert-OH is 2. The highest BCUT2D eigenvalue weighted by Gasteiger charge is 2.16. The van der Waals surface area contributed by atoms with Gasteiger partial charge >= 0.3 is 0 Å². The molecule has 0 saturated heterocycles. The maximum Gasteiger partial charge on any atom is 0.0461 e. The maximum absolute atomic E-state index is 9.19. The van der Waals surface area contributed by atoms with Crippen LogP contribution in [0.15, 0.2) is 0 Å². The lowest BCUT2D eigenvalue weighted by atomic mass is 9.84. The minimum atomic E-state index is 0.313. The molecule has 0 heterocycles. The van der Waals surface area contributed by atoms with Crippen LogP contribution in [0, 0.1) is 11.8 Å². The number of unbranched alkanes of at least 4 members (excludes halogenated alkanes) is 2. The van der Waals surface area contributed by atoms with Gasteiger partial charge in [-0.1, -0.05) is 46.0 Å². The summed E-state index contributed by atoms with van der Waals surface area (Å²) in [5.74, 6) is 1.15. The SMILES string of the molecule is CCC(CO)C(CC)CCCCCO. The molecule has 0 saturated carbocycles. The normalized spacial score (nSPS) is 15.4. The summed E-state index contributed by atoms with van der Waals surface area (Å²) in [5.41, 5.74) is 0. The molecule has 0 aliphatic rings. The predicted molar refractivity (Wildman–Crippen MR) is 60.2 cm³/mol. The molecule has 0 bridgehead atoms. The van der Waals surface area contributed by atoms with Crippen molar-refractivity contribution in [1.29, 1.82) is 0 Å². The van der Waals surface area contributed by atoms with Gasteiger partial charge in [-0.05, 0) is 18.3 Å². The first kappa shape index (κ1) is 13.9. The molecule has 0 aromatic carbocycles. The van der Waals surface area contributed by atoms with Gasteiger partial charge in [-0.25, -0.2) is 0 Å². The van der Waals surface area contributed by atoms with Gasteiger partial charge in [0, 0.05) is 13.2 Å². The third-order valence-electron chi connectivity index (χ3n) is 3.18. The van der Waals surface area contributed by atoms with Gasteiger partial charge in [0.1, 0.15) is 0 Å². The zero-order valence-electron chi connectivity index (χ0n) is 9.71. The third kappa shape index (κ3) is 5.61. The average Bonchev–Trinajstić information content (AvgIpc) is 2.23. The Morgan fingerprint density at radius 1 is 0.857 bits per heavy atom. The highest BCUT2D eigenvalue weighted by molar-refractivity contribution is 4.67. The van der Waals surface area contributed by atoms with Crippen LogP contribution in [0.5, 0.6) is 0 Å². The molecule has 0 aromatic rings. The zero-order chi connectivity index (χ0) is 10.8. The quantitative estimate of drug-likeness (QED) is 0.564. The first-order chi connectivity index (χ1) is 6.79. The summed E-state index contributed by atoms with van der Waals surface area (Å²) in [4.78, 5) is 0. The fraction of sp³-hybridized carbons (Fsp3) is 1.00. The summed E-state index contributed by atoms with van der Waals surface area (Å²) in [6.07, 6.45) is 6.68. The first-order valence-corrected chi connectivity index (χ1v) is 6.01. The van der Waals surface area contributed by atoms with Crippen molar-refractivity contribution in [3.8, 4) is 0 Å². The van der Waals surface area contributed by atoms with Crippen molar-refractivity contribution in [3.63, 3.8) is 0 Å². The van der Waals surface area contributed by atoms with E-state index in [0.717, 1.165) is 25.7 Å². The van der Waals surface area contributed by atoms with E-state index in [1.54, 1.807) is 0 Å². The molecule has 86 valence electrons. The average molecular weight is 202 g/mol.